The standard InChI is InChI=1S/C19H16N2O2/c1-3-5-15-19(23)13-9-7-10-11(17(13)21-15)6-8-12-16(10)20-14(4-2)18(12)22/h6-9H,3-5H2,1-2H3. The third-order valence-electron chi connectivity index (χ3n) is 4.47. The summed E-state index contributed by atoms with van der Waals surface area (Å²) in [6.07, 6.45) is 2.21. The zero-order chi connectivity index (χ0) is 16.1. The summed E-state index contributed by atoms with van der Waals surface area (Å²) in [6.45, 7) is 3.97. The predicted molar refractivity (Wildman–Crippen MR) is 92.8 cm³/mol. The van der Waals surface area contributed by atoms with Gasteiger partial charge in [-0.1, -0.05) is 32.4 Å². The van der Waals surface area contributed by atoms with Crippen molar-refractivity contribution in [3.63, 3.8) is 0 Å². The molecule has 0 spiro atoms. The van der Waals surface area contributed by atoms with Gasteiger partial charge in [-0.15, -0.1) is 0 Å². The van der Waals surface area contributed by atoms with Gasteiger partial charge in [-0.2, -0.15) is 0 Å². The Bertz CT molecular complexity index is 1150. The first-order valence-electron chi connectivity index (χ1n) is 8.00. The monoisotopic (exact) mass is 304 g/mol. The molecule has 0 aliphatic rings. The molecule has 0 bridgehead atoms. The van der Waals surface area contributed by atoms with Crippen LogP contribution >= 0.6 is 0 Å². The van der Waals surface area contributed by atoms with Crippen molar-refractivity contribution < 1.29 is 0 Å². The van der Waals surface area contributed by atoms with Crippen LogP contribution in [0.15, 0.2) is 33.9 Å². The number of aromatic nitrogens is 2. The fraction of sp³-hybridized carbons (Fsp3) is 0.263. The summed E-state index contributed by atoms with van der Waals surface area (Å²) in [5.41, 5.74) is 2.71. The lowest BCUT2D eigenvalue weighted by Crippen LogP contribution is -2.02. The Balaban J connectivity index is 2.15. The van der Waals surface area contributed by atoms with Crippen LogP contribution in [0.5, 0.6) is 0 Å². The van der Waals surface area contributed by atoms with Gasteiger partial charge in [0.15, 0.2) is 0 Å². The lowest BCUT2D eigenvalue weighted by atomic mass is 10.0. The second kappa shape index (κ2) is 4.95. The van der Waals surface area contributed by atoms with Gasteiger partial charge in [0.2, 0.25) is 10.9 Å². The molecule has 4 heteroatoms. The number of aryl methyl sites for hydroxylation is 2. The van der Waals surface area contributed by atoms with E-state index in [1.165, 1.54) is 0 Å². The van der Waals surface area contributed by atoms with E-state index in [9.17, 15) is 9.59 Å². The molecule has 2 heterocycles. The highest BCUT2D eigenvalue weighted by atomic mass is 16.1. The summed E-state index contributed by atoms with van der Waals surface area (Å²) in [4.78, 5) is 33.8. The van der Waals surface area contributed by atoms with E-state index in [2.05, 4.69) is 9.97 Å². The molecule has 0 atom stereocenters. The first-order valence-corrected chi connectivity index (χ1v) is 8.00. The Labute approximate surface area is 132 Å². The zero-order valence-electron chi connectivity index (χ0n) is 13.1. The number of hydrogen-bond donors (Lipinski definition) is 0. The van der Waals surface area contributed by atoms with Crippen molar-refractivity contribution in [1.82, 2.24) is 9.97 Å². The van der Waals surface area contributed by atoms with Crippen LogP contribution in [0.2, 0.25) is 0 Å². The molecule has 0 saturated heterocycles. The topological polar surface area (TPSA) is 59.9 Å². The lowest BCUT2D eigenvalue weighted by Gasteiger charge is -1.99. The highest BCUT2D eigenvalue weighted by Gasteiger charge is 2.16. The highest BCUT2D eigenvalue weighted by molar-refractivity contribution is 6.15. The second-order valence-electron chi connectivity index (χ2n) is 5.90. The highest BCUT2D eigenvalue weighted by Crippen LogP contribution is 2.28. The Morgan fingerprint density at radius 3 is 1.74 bits per heavy atom. The lowest BCUT2D eigenvalue weighted by molar-refractivity contribution is 0.889. The molecule has 114 valence electrons. The molecule has 0 unspecified atom stereocenters. The molecule has 0 saturated carbocycles. The molecule has 2 aromatic heterocycles. The van der Waals surface area contributed by atoms with Gasteiger partial charge in [-0.25, -0.2) is 9.97 Å². The van der Waals surface area contributed by atoms with Crippen LogP contribution in [0, 0.1) is 0 Å². The van der Waals surface area contributed by atoms with Gasteiger partial charge in [0, 0.05) is 10.8 Å². The average molecular weight is 304 g/mol. The molecule has 0 radical (unpaired) electrons. The van der Waals surface area contributed by atoms with E-state index >= 15 is 0 Å². The van der Waals surface area contributed by atoms with Gasteiger partial charge in [0.1, 0.15) is 0 Å². The second-order valence-corrected chi connectivity index (χ2v) is 5.90. The molecule has 0 aliphatic heterocycles. The number of benzene rings is 2. The van der Waals surface area contributed by atoms with Crippen molar-refractivity contribution in [3.05, 3.63) is 56.1 Å². The summed E-state index contributed by atoms with van der Waals surface area (Å²) in [5, 5.41) is 3.10. The van der Waals surface area contributed by atoms with Crippen LogP contribution in [-0.2, 0) is 12.8 Å². The predicted octanol–water partition coefficient (Wildman–Crippen LogP) is 3.05. The molecule has 4 nitrogen and oxygen atoms in total. The molecule has 0 N–H and O–H groups in total. The summed E-state index contributed by atoms with van der Waals surface area (Å²) in [7, 11) is 0. The average Bonchev–Trinajstić information content (AvgIpc) is 3.06. The van der Waals surface area contributed by atoms with Crippen LogP contribution in [0.25, 0.3) is 32.6 Å². The fourth-order valence-corrected chi connectivity index (χ4v) is 3.31. The first kappa shape index (κ1) is 14.0. The van der Waals surface area contributed by atoms with Gasteiger partial charge in [0.05, 0.1) is 33.2 Å². The van der Waals surface area contributed by atoms with E-state index in [1.54, 1.807) is 0 Å². The van der Waals surface area contributed by atoms with Crippen LogP contribution in [0.3, 0.4) is 0 Å². The van der Waals surface area contributed by atoms with Gasteiger partial charge in [-0.05, 0) is 25.0 Å². The third kappa shape index (κ3) is 1.84. The molecule has 0 aliphatic carbocycles. The maximum Gasteiger partial charge on any atom is 0.209 e. The SMILES string of the molecule is CCCc1nc2c(ccc3c2ccc2c(=O)c(CC)nc23)c1=O. The van der Waals surface area contributed by atoms with Crippen molar-refractivity contribution in [2.75, 3.05) is 0 Å². The number of nitrogens with zero attached hydrogens (tertiary/aromatic N) is 2. The van der Waals surface area contributed by atoms with Crippen LogP contribution < -0.4 is 10.9 Å². The van der Waals surface area contributed by atoms with Crippen molar-refractivity contribution in [2.24, 2.45) is 0 Å². The van der Waals surface area contributed by atoms with E-state index in [1.807, 2.05) is 38.1 Å². The molecule has 4 rings (SSSR count). The molecule has 0 amide bonds. The third-order valence-corrected chi connectivity index (χ3v) is 4.47. The number of rotatable bonds is 3. The largest absolute Gasteiger partial charge is 0.287 e. The number of fused-ring (bicyclic) bond motifs is 5. The minimum Gasteiger partial charge on any atom is -0.287 e. The summed E-state index contributed by atoms with van der Waals surface area (Å²) >= 11 is 0. The van der Waals surface area contributed by atoms with Crippen LogP contribution in [0.4, 0.5) is 0 Å². The minimum absolute atomic E-state index is 0.0103. The molecule has 23 heavy (non-hydrogen) atoms. The van der Waals surface area contributed by atoms with E-state index in [-0.39, 0.29) is 10.9 Å². The number of hydrogen-bond acceptors (Lipinski definition) is 4. The summed E-state index contributed by atoms with van der Waals surface area (Å²) in [5.74, 6) is 0. The maximum atomic E-state index is 12.4. The smallest absolute Gasteiger partial charge is 0.209 e. The Morgan fingerprint density at radius 1 is 0.739 bits per heavy atom. The van der Waals surface area contributed by atoms with E-state index in [4.69, 9.17) is 0 Å². The molecular weight excluding hydrogens is 288 g/mol. The first-order chi connectivity index (χ1) is 11.2. The summed E-state index contributed by atoms with van der Waals surface area (Å²) in [6, 6.07) is 7.41. The van der Waals surface area contributed by atoms with Gasteiger partial charge < -0.3 is 0 Å². The summed E-state index contributed by atoms with van der Waals surface area (Å²) < 4.78 is 0. The van der Waals surface area contributed by atoms with Crippen LogP contribution in [-0.4, -0.2) is 9.97 Å². The van der Waals surface area contributed by atoms with Crippen molar-refractivity contribution in [1.29, 1.82) is 0 Å². The Kier molecular flexibility index (Phi) is 3.01. The zero-order valence-corrected chi connectivity index (χ0v) is 13.1. The van der Waals surface area contributed by atoms with Crippen molar-refractivity contribution in [3.8, 4) is 0 Å². The van der Waals surface area contributed by atoms with Gasteiger partial charge in [-0.3, -0.25) is 9.59 Å². The van der Waals surface area contributed by atoms with Gasteiger partial charge in [0.25, 0.3) is 0 Å². The minimum atomic E-state index is 0.0103. The molecule has 2 aromatic carbocycles. The molecule has 0 fully saturated rings. The van der Waals surface area contributed by atoms with Gasteiger partial charge >= 0.3 is 0 Å². The normalized spacial score (nSPS) is 11.9. The van der Waals surface area contributed by atoms with Crippen molar-refractivity contribution >= 4 is 32.6 Å². The van der Waals surface area contributed by atoms with Crippen molar-refractivity contribution in [2.45, 2.75) is 33.1 Å². The van der Waals surface area contributed by atoms with E-state index < -0.39 is 0 Å². The molecular formula is C19H16N2O2. The maximum absolute atomic E-state index is 12.4. The fourth-order valence-electron chi connectivity index (χ4n) is 3.31. The van der Waals surface area contributed by atoms with E-state index in [0.29, 0.717) is 35.0 Å². The van der Waals surface area contributed by atoms with Crippen LogP contribution in [0.1, 0.15) is 31.7 Å². The Hall–Kier alpha value is -2.62. The quantitative estimate of drug-likeness (QED) is 0.583. The van der Waals surface area contributed by atoms with E-state index in [0.717, 1.165) is 28.2 Å². The molecule has 4 aromatic rings. The Morgan fingerprint density at radius 2 is 1.22 bits per heavy atom.